The van der Waals surface area contributed by atoms with Crippen LogP contribution in [0.5, 0.6) is 0 Å². The van der Waals surface area contributed by atoms with E-state index in [2.05, 4.69) is 17.0 Å². The molecule has 2 unspecified atom stereocenters. The minimum Gasteiger partial charge on any atom is -0.313 e. The van der Waals surface area contributed by atoms with Crippen molar-refractivity contribution >= 4 is 10.0 Å². The molecule has 100 valence electrons. The number of nitrogens with one attached hydrogen (secondary N) is 2. The van der Waals surface area contributed by atoms with E-state index in [1.807, 2.05) is 0 Å². The Hall–Kier alpha value is -0.130. The maximum Gasteiger partial charge on any atom is 0.212 e. The maximum absolute atomic E-state index is 11.7. The Balaban J connectivity index is 1.65. The second kappa shape index (κ2) is 5.67. The van der Waals surface area contributed by atoms with E-state index in [1.165, 1.54) is 32.1 Å². The zero-order valence-corrected chi connectivity index (χ0v) is 11.4. The average Bonchev–Trinajstić information content (AvgIpc) is 2.98. The van der Waals surface area contributed by atoms with Gasteiger partial charge in [0.2, 0.25) is 10.0 Å². The molecule has 0 amide bonds. The highest BCUT2D eigenvalue weighted by atomic mass is 32.2. The summed E-state index contributed by atoms with van der Waals surface area (Å²) in [6.07, 6.45) is 6.07. The summed E-state index contributed by atoms with van der Waals surface area (Å²) in [4.78, 5) is 0. The summed E-state index contributed by atoms with van der Waals surface area (Å²) < 4.78 is 26.2. The van der Waals surface area contributed by atoms with E-state index < -0.39 is 10.0 Å². The number of rotatable bonds is 7. The summed E-state index contributed by atoms with van der Waals surface area (Å²) in [5.74, 6) is 1.42. The van der Waals surface area contributed by atoms with E-state index in [1.54, 1.807) is 0 Å². The molecule has 0 spiro atoms. The van der Waals surface area contributed by atoms with Gasteiger partial charge in [-0.1, -0.05) is 19.8 Å². The van der Waals surface area contributed by atoms with Crippen molar-refractivity contribution in [3.05, 3.63) is 0 Å². The Morgan fingerprint density at radius 2 is 1.94 bits per heavy atom. The molecule has 2 aliphatic carbocycles. The molecule has 2 N–H and O–H groups in total. The van der Waals surface area contributed by atoms with Crippen LogP contribution in [0.4, 0.5) is 0 Å². The third-order valence-electron chi connectivity index (χ3n) is 3.99. The van der Waals surface area contributed by atoms with E-state index >= 15 is 0 Å². The monoisotopic (exact) mass is 260 g/mol. The largest absolute Gasteiger partial charge is 0.313 e. The summed E-state index contributed by atoms with van der Waals surface area (Å²) in [5.41, 5.74) is 0. The van der Waals surface area contributed by atoms with Gasteiger partial charge in [-0.15, -0.1) is 0 Å². The van der Waals surface area contributed by atoms with Crippen LogP contribution in [0.25, 0.3) is 0 Å². The molecule has 2 saturated carbocycles. The topological polar surface area (TPSA) is 58.2 Å². The fraction of sp³-hybridized carbons (Fsp3) is 1.00. The lowest BCUT2D eigenvalue weighted by atomic mass is 9.99. The minimum atomic E-state index is -3.07. The predicted octanol–water partition coefficient (Wildman–Crippen LogP) is 1.09. The summed E-state index contributed by atoms with van der Waals surface area (Å²) in [7, 11) is -3.07. The molecule has 2 atom stereocenters. The van der Waals surface area contributed by atoms with Crippen molar-refractivity contribution in [1.29, 1.82) is 0 Å². The normalized spacial score (nSPS) is 29.7. The van der Waals surface area contributed by atoms with Crippen molar-refractivity contribution in [2.24, 2.45) is 11.8 Å². The quantitative estimate of drug-likeness (QED) is 0.720. The molecule has 2 fully saturated rings. The zero-order valence-electron chi connectivity index (χ0n) is 10.6. The van der Waals surface area contributed by atoms with Crippen molar-refractivity contribution in [1.82, 2.24) is 10.0 Å². The van der Waals surface area contributed by atoms with Gasteiger partial charge in [0.05, 0.1) is 5.75 Å². The molecule has 0 aromatic heterocycles. The summed E-state index contributed by atoms with van der Waals surface area (Å²) in [6, 6.07) is 0.583. The molecular weight excluding hydrogens is 236 g/mol. The molecule has 2 aliphatic rings. The maximum atomic E-state index is 11.7. The van der Waals surface area contributed by atoms with Crippen LogP contribution in [0.1, 0.15) is 39.0 Å². The molecule has 0 bridgehead atoms. The Bertz CT molecular complexity index is 338. The minimum absolute atomic E-state index is 0.213. The third-order valence-corrected chi connectivity index (χ3v) is 5.33. The van der Waals surface area contributed by atoms with Gasteiger partial charge in [0, 0.05) is 19.1 Å². The van der Waals surface area contributed by atoms with Gasteiger partial charge < -0.3 is 5.32 Å². The van der Waals surface area contributed by atoms with Gasteiger partial charge in [-0.3, -0.25) is 0 Å². The predicted molar refractivity (Wildman–Crippen MR) is 69.3 cm³/mol. The highest BCUT2D eigenvalue weighted by Gasteiger charge is 2.25. The lowest BCUT2D eigenvalue weighted by Gasteiger charge is -2.16. The first-order chi connectivity index (χ1) is 8.07. The average molecular weight is 260 g/mol. The second-order valence-electron chi connectivity index (χ2n) is 5.56. The van der Waals surface area contributed by atoms with E-state index in [9.17, 15) is 8.42 Å². The van der Waals surface area contributed by atoms with Gasteiger partial charge in [0.15, 0.2) is 0 Å². The van der Waals surface area contributed by atoms with Crippen molar-refractivity contribution < 1.29 is 8.42 Å². The highest BCUT2D eigenvalue weighted by molar-refractivity contribution is 7.89. The molecule has 17 heavy (non-hydrogen) atoms. The van der Waals surface area contributed by atoms with Crippen LogP contribution in [-0.4, -0.2) is 33.3 Å². The standard InChI is InChI=1S/C12H24N2O2S/c1-10-3-2-4-11(10)9-14-17(15,16)8-7-13-12-5-6-12/h10-14H,2-9H2,1H3. The Labute approximate surface area is 105 Å². The third kappa shape index (κ3) is 4.56. The van der Waals surface area contributed by atoms with Crippen LogP contribution in [-0.2, 0) is 10.0 Å². The van der Waals surface area contributed by atoms with Crippen LogP contribution in [0, 0.1) is 11.8 Å². The Morgan fingerprint density at radius 3 is 2.53 bits per heavy atom. The van der Waals surface area contributed by atoms with Gasteiger partial charge >= 0.3 is 0 Å². The van der Waals surface area contributed by atoms with E-state index in [4.69, 9.17) is 0 Å². The molecule has 2 rings (SSSR count). The van der Waals surface area contributed by atoms with Crippen LogP contribution in [0.2, 0.25) is 0 Å². The van der Waals surface area contributed by atoms with Gasteiger partial charge in [0.25, 0.3) is 0 Å². The molecule has 0 heterocycles. The fourth-order valence-electron chi connectivity index (χ4n) is 2.52. The molecule has 0 saturated heterocycles. The SMILES string of the molecule is CC1CCCC1CNS(=O)(=O)CCNC1CC1. The van der Waals surface area contributed by atoms with Crippen molar-refractivity contribution in [3.63, 3.8) is 0 Å². The molecule has 0 aromatic carbocycles. The van der Waals surface area contributed by atoms with Crippen molar-refractivity contribution in [2.75, 3.05) is 18.8 Å². The smallest absolute Gasteiger partial charge is 0.212 e. The molecule has 0 radical (unpaired) electrons. The van der Waals surface area contributed by atoms with E-state index in [0.29, 0.717) is 31.0 Å². The van der Waals surface area contributed by atoms with Crippen LogP contribution < -0.4 is 10.0 Å². The molecule has 5 heteroatoms. The number of hydrogen-bond acceptors (Lipinski definition) is 3. The summed E-state index contributed by atoms with van der Waals surface area (Å²) in [5, 5.41) is 3.23. The summed E-state index contributed by atoms with van der Waals surface area (Å²) in [6.45, 7) is 3.44. The lowest BCUT2D eigenvalue weighted by molar-refractivity contribution is 0.414. The Morgan fingerprint density at radius 1 is 1.18 bits per heavy atom. The number of sulfonamides is 1. The van der Waals surface area contributed by atoms with Crippen molar-refractivity contribution in [3.8, 4) is 0 Å². The molecule has 0 aromatic rings. The summed E-state index contributed by atoms with van der Waals surface area (Å²) >= 11 is 0. The van der Waals surface area contributed by atoms with Crippen LogP contribution >= 0.6 is 0 Å². The van der Waals surface area contributed by atoms with Gasteiger partial charge in [-0.25, -0.2) is 13.1 Å². The first-order valence-electron chi connectivity index (χ1n) is 6.77. The highest BCUT2D eigenvalue weighted by Crippen LogP contribution is 2.30. The fourth-order valence-corrected chi connectivity index (χ4v) is 3.52. The Kier molecular flexibility index (Phi) is 4.44. The zero-order chi connectivity index (χ0) is 12.3. The number of hydrogen-bond donors (Lipinski definition) is 2. The second-order valence-corrected chi connectivity index (χ2v) is 7.49. The first-order valence-corrected chi connectivity index (χ1v) is 8.43. The van der Waals surface area contributed by atoms with E-state index in [-0.39, 0.29) is 5.75 Å². The molecule has 4 nitrogen and oxygen atoms in total. The van der Waals surface area contributed by atoms with Crippen LogP contribution in [0.15, 0.2) is 0 Å². The van der Waals surface area contributed by atoms with Gasteiger partial charge in [-0.2, -0.15) is 0 Å². The van der Waals surface area contributed by atoms with Crippen molar-refractivity contribution in [2.45, 2.75) is 45.1 Å². The van der Waals surface area contributed by atoms with Gasteiger partial charge in [-0.05, 0) is 31.1 Å². The van der Waals surface area contributed by atoms with Crippen LogP contribution in [0.3, 0.4) is 0 Å². The molecular formula is C12H24N2O2S. The van der Waals surface area contributed by atoms with E-state index in [0.717, 1.165) is 0 Å². The van der Waals surface area contributed by atoms with Gasteiger partial charge in [0.1, 0.15) is 0 Å². The lowest BCUT2D eigenvalue weighted by Crippen LogP contribution is -2.35. The molecule has 0 aliphatic heterocycles. The first kappa shape index (κ1) is 13.3.